The van der Waals surface area contributed by atoms with E-state index in [1.165, 1.54) is 28.4 Å². The summed E-state index contributed by atoms with van der Waals surface area (Å²) >= 11 is 1.50. The van der Waals surface area contributed by atoms with Gasteiger partial charge in [0.1, 0.15) is 5.82 Å². The number of rotatable bonds is 7. The van der Waals surface area contributed by atoms with Gasteiger partial charge in [-0.1, -0.05) is 30.3 Å². The molecule has 5 aromatic rings. The number of aromatic amines is 1. The van der Waals surface area contributed by atoms with E-state index in [-0.39, 0.29) is 11.7 Å². The second-order valence-corrected chi connectivity index (χ2v) is 8.28. The van der Waals surface area contributed by atoms with Gasteiger partial charge in [-0.05, 0) is 36.6 Å². The summed E-state index contributed by atoms with van der Waals surface area (Å²) in [5.74, 6) is -0.266. The van der Waals surface area contributed by atoms with E-state index >= 15 is 0 Å². The third-order valence-electron chi connectivity index (χ3n) is 5.43. The van der Waals surface area contributed by atoms with E-state index in [0.717, 1.165) is 22.6 Å². The smallest absolute Gasteiger partial charge is 0.220 e. The molecule has 3 heterocycles. The molecule has 0 unspecified atom stereocenters. The molecule has 0 saturated heterocycles. The first-order valence-corrected chi connectivity index (χ1v) is 11.1. The maximum absolute atomic E-state index is 14.1. The number of carbonyl (C=O) groups is 1. The van der Waals surface area contributed by atoms with E-state index in [1.54, 1.807) is 18.2 Å². The molecule has 0 atom stereocenters. The van der Waals surface area contributed by atoms with Crippen LogP contribution in [-0.2, 0) is 17.6 Å². The van der Waals surface area contributed by atoms with Crippen molar-refractivity contribution in [2.24, 2.45) is 0 Å². The molecule has 7 heteroatoms. The van der Waals surface area contributed by atoms with Gasteiger partial charge in [0.15, 0.2) is 4.96 Å². The zero-order valence-corrected chi connectivity index (χ0v) is 17.6. The SMILES string of the molecule is O=C(CCc1csc2nc(-c3ccccc3F)cn12)NCCc1c[nH]c2ccccc12. The van der Waals surface area contributed by atoms with Crippen molar-refractivity contribution in [1.82, 2.24) is 19.7 Å². The number of hydrogen-bond donors (Lipinski definition) is 2. The highest BCUT2D eigenvalue weighted by atomic mass is 32.1. The lowest BCUT2D eigenvalue weighted by Gasteiger charge is -2.05. The van der Waals surface area contributed by atoms with Crippen molar-refractivity contribution < 1.29 is 9.18 Å². The van der Waals surface area contributed by atoms with Crippen molar-refractivity contribution in [2.75, 3.05) is 6.54 Å². The zero-order chi connectivity index (χ0) is 21.2. The Morgan fingerprint density at radius 3 is 2.87 bits per heavy atom. The molecule has 31 heavy (non-hydrogen) atoms. The number of amides is 1. The van der Waals surface area contributed by atoms with Crippen LogP contribution < -0.4 is 5.32 Å². The molecule has 0 saturated carbocycles. The number of H-pyrrole nitrogens is 1. The number of carbonyl (C=O) groups excluding carboxylic acids is 1. The Hall–Kier alpha value is -3.45. The van der Waals surface area contributed by atoms with Crippen molar-refractivity contribution >= 4 is 33.1 Å². The van der Waals surface area contributed by atoms with E-state index < -0.39 is 0 Å². The topological polar surface area (TPSA) is 62.2 Å². The summed E-state index contributed by atoms with van der Waals surface area (Å²) in [5, 5.41) is 6.21. The molecule has 2 N–H and O–H groups in total. The van der Waals surface area contributed by atoms with Crippen LogP contribution in [0.25, 0.3) is 27.1 Å². The lowest BCUT2D eigenvalue weighted by atomic mass is 10.1. The Balaban J connectivity index is 1.19. The van der Waals surface area contributed by atoms with Gasteiger partial charge in [0.25, 0.3) is 0 Å². The highest BCUT2D eigenvalue weighted by Crippen LogP contribution is 2.26. The Morgan fingerprint density at radius 1 is 1.13 bits per heavy atom. The standard InChI is InChI=1S/C24H21FN4OS/c25-20-7-3-1-6-19(20)22-14-29-17(15-31-24(29)28-22)9-10-23(30)26-12-11-16-13-27-21-8-4-2-5-18(16)21/h1-8,13-15,27H,9-12H2,(H,26,30). The van der Waals surface area contributed by atoms with Crippen LogP contribution in [-0.4, -0.2) is 26.8 Å². The van der Waals surface area contributed by atoms with Gasteiger partial charge in [-0.25, -0.2) is 9.37 Å². The number of nitrogens with zero attached hydrogens (tertiary/aromatic N) is 2. The van der Waals surface area contributed by atoms with Crippen molar-refractivity contribution in [1.29, 1.82) is 0 Å². The number of thiazole rings is 1. The molecular weight excluding hydrogens is 411 g/mol. The summed E-state index contributed by atoms with van der Waals surface area (Å²) in [7, 11) is 0. The van der Waals surface area contributed by atoms with E-state index in [1.807, 2.05) is 40.4 Å². The molecule has 2 aromatic carbocycles. The Morgan fingerprint density at radius 2 is 1.97 bits per heavy atom. The van der Waals surface area contributed by atoms with Gasteiger partial charge in [0.05, 0.1) is 5.69 Å². The third-order valence-corrected chi connectivity index (χ3v) is 6.32. The largest absolute Gasteiger partial charge is 0.361 e. The molecular formula is C24H21FN4OS. The van der Waals surface area contributed by atoms with Crippen LogP contribution in [0.5, 0.6) is 0 Å². The van der Waals surface area contributed by atoms with Gasteiger partial charge in [0.2, 0.25) is 5.91 Å². The average Bonchev–Trinajstić information content (AvgIpc) is 3.48. The number of fused-ring (bicyclic) bond motifs is 2. The van der Waals surface area contributed by atoms with Crippen molar-refractivity contribution in [3.05, 3.63) is 83.4 Å². The van der Waals surface area contributed by atoms with Crippen LogP contribution in [0.15, 0.2) is 66.3 Å². The molecule has 1 amide bonds. The highest BCUT2D eigenvalue weighted by molar-refractivity contribution is 7.15. The minimum absolute atomic E-state index is 0.0219. The predicted octanol–water partition coefficient (Wildman–Crippen LogP) is 4.97. The van der Waals surface area contributed by atoms with Crippen LogP contribution in [0.2, 0.25) is 0 Å². The van der Waals surface area contributed by atoms with Crippen LogP contribution in [0.1, 0.15) is 17.7 Å². The second kappa shape index (κ2) is 8.35. The van der Waals surface area contributed by atoms with Gasteiger partial charge in [-0.15, -0.1) is 11.3 Å². The molecule has 0 spiro atoms. The minimum Gasteiger partial charge on any atom is -0.361 e. The molecule has 0 fully saturated rings. The quantitative estimate of drug-likeness (QED) is 0.381. The maximum Gasteiger partial charge on any atom is 0.220 e. The summed E-state index contributed by atoms with van der Waals surface area (Å²) in [6, 6.07) is 14.8. The predicted molar refractivity (Wildman–Crippen MR) is 122 cm³/mol. The number of imidazole rings is 1. The Labute approximate surface area is 182 Å². The normalized spacial score (nSPS) is 11.4. The van der Waals surface area contributed by atoms with E-state index in [0.29, 0.717) is 30.6 Å². The molecule has 0 bridgehead atoms. The van der Waals surface area contributed by atoms with Crippen LogP contribution in [0.3, 0.4) is 0 Å². The van der Waals surface area contributed by atoms with Gasteiger partial charge >= 0.3 is 0 Å². The number of nitrogens with one attached hydrogen (secondary N) is 2. The van der Waals surface area contributed by atoms with Gasteiger partial charge in [-0.2, -0.15) is 0 Å². The van der Waals surface area contributed by atoms with Gasteiger partial charge in [-0.3, -0.25) is 9.20 Å². The fourth-order valence-corrected chi connectivity index (χ4v) is 4.72. The summed E-state index contributed by atoms with van der Waals surface area (Å²) in [5.41, 5.74) is 4.41. The molecule has 156 valence electrons. The molecule has 5 rings (SSSR count). The number of aromatic nitrogens is 3. The zero-order valence-electron chi connectivity index (χ0n) is 16.8. The molecule has 0 aliphatic heterocycles. The number of benzene rings is 2. The monoisotopic (exact) mass is 432 g/mol. The summed E-state index contributed by atoms with van der Waals surface area (Å²) in [6.07, 6.45) is 5.63. The van der Waals surface area contributed by atoms with E-state index in [2.05, 4.69) is 21.4 Å². The Kier molecular flexibility index (Phi) is 5.26. The van der Waals surface area contributed by atoms with Crippen molar-refractivity contribution in [2.45, 2.75) is 19.3 Å². The average molecular weight is 433 g/mol. The lowest BCUT2D eigenvalue weighted by molar-refractivity contribution is -0.121. The Bertz CT molecular complexity index is 1370. The molecule has 0 aliphatic carbocycles. The summed E-state index contributed by atoms with van der Waals surface area (Å²) in [4.78, 5) is 20.9. The molecule has 5 nitrogen and oxygen atoms in total. The van der Waals surface area contributed by atoms with Crippen molar-refractivity contribution in [3.8, 4) is 11.3 Å². The third kappa shape index (κ3) is 3.96. The number of aryl methyl sites for hydroxylation is 1. The molecule has 0 aliphatic rings. The fraction of sp³-hybridized carbons (Fsp3) is 0.167. The minimum atomic E-state index is -0.288. The number of para-hydroxylation sites is 1. The molecule has 3 aromatic heterocycles. The second-order valence-electron chi connectivity index (χ2n) is 7.45. The van der Waals surface area contributed by atoms with Gasteiger partial charge < -0.3 is 10.3 Å². The lowest BCUT2D eigenvalue weighted by Crippen LogP contribution is -2.25. The first-order chi connectivity index (χ1) is 15.2. The fourth-order valence-electron chi connectivity index (χ4n) is 3.81. The van der Waals surface area contributed by atoms with Crippen LogP contribution in [0.4, 0.5) is 4.39 Å². The van der Waals surface area contributed by atoms with Crippen molar-refractivity contribution in [3.63, 3.8) is 0 Å². The highest BCUT2D eigenvalue weighted by Gasteiger charge is 2.13. The maximum atomic E-state index is 14.1. The van der Waals surface area contributed by atoms with E-state index in [4.69, 9.17) is 0 Å². The first kappa shape index (κ1) is 19.5. The molecule has 0 radical (unpaired) electrons. The summed E-state index contributed by atoms with van der Waals surface area (Å²) < 4.78 is 16.0. The van der Waals surface area contributed by atoms with Crippen LogP contribution in [0, 0.1) is 5.82 Å². The number of hydrogen-bond acceptors (Lipinski definition) is 3. The van der Waals surface area contributed by atoms with E-state index in [9.17, 15) is 9.18 Å². The van der Waals surface area contributed by atoms with Crippen LogP contribution >= 0.6 is 11.3 Å². The van der Waals surface area contributed by atoms with Gasteiger partial charge in [0, 0.05) is 52.9 Å². The number of halogens is 1. The first-order valence-electron chi connectivity index (χ1n) is 10.2. The summed E-state index contributed by atoms with van der Waals surface area (Å²) in [6.45, 7) is 0.599.